The lowest BCUT2D eigenvalue weighted by Crippen LogP contribution is -2.42. The number of nitrogens with one attached hydrogen (secondary N) is 2. The van der Waals surface area contributed by atoms with Gasteiger partial charge in [-0.25, -0.2) is 0 Å². The highest BCUT2D eigenvalue weighted by molar-refractivity contribution is 5.87. The molecule has 0 saturated carbocycles. The largest absolute Gasteiger partial charge is 0.352 e. The van der Waals surface area contributed by atoms with Crippen LogP contribution in [0.4, 0.5) is 0 Å². The molecule has 3 nitrogen and oxygen atoms in total. The van der Waals surface area contributed by atoms with Gasteiger partial charge in [-0.15, -0.1) is 0 Å². The van der Waals surface area contributed by atoms with Gasteiger partial charge >= 0.3 is 0 Å². The van der Waals surface area contributed by atoms with Gasteiger partial charge in [-0.1, -0.05) is 24.3 Å². The highest BCUT2D eigenvalue weighted by Gasteiger charge is 2.32. The summed E-state index contributed by atoms with van der Waals surface area (Å²) >= 11 is 0. The molecule has 0 bridgehead atoms. The van der Waals surface area contributed by atoms with Crippen LogP contribution < -0.4 is 10.6 Å². The molecule has 1 aromatic carbocycles. The zero-order chi connectivity index (χ0) is 11.0. The van der Waals surface area contributed by atoms with Gasteiger partial charge in [0.25, 0.3) is 0 Å². The van der Waals surface area contributed by atoms with E-state index in [4.69, 9.17) is 0 Å². The number of carbonyl (C=O) groups is 1. The van der Waals surface area contributed by atoms with Crippen LogP contribution >= 0.6 is 0 Å². The van der Waals surface area contributed by atoms with Crippen LogP contribution in [0, 0.1) is 0 Å². The molecule has 1 aromatic rings. The molecule has 84 valence electrons. The van der Waals surface area contributed by atoms with E-state index in [1.165, 1.54) is 11.1 Å². The van der Waals surface area contributed by atoms with E-state index in [0.29, 0.717) is 6.04 Å². The smallest absolute Gasteiger partial charge is 0.228 e. The van der Waals surface area contributed by atoms with Crippen molar-refractivity contribution in [2.45, 2.75) is 24.8 Å². The molecule has 16 heavy (non-hydrogen) atoms. The molecular weight excluding hydrogens is 200 g/mol. The molecule has 1 aliphatic carbocycles. The molecule has 3 rings (SSSR count). The summed E-state index contributed by atoms with van der Waals surface area (Å²) < 4.78 is 0. The maximum Gasteiger partial charge on any atom is 0.228 e. The second kappa shape index (κ2) is 3.91. The molecule has 1 fully saturated rings. The molecule has 1 unspecified atom stereocenters. The zero-order valence-electron chi connectivity index (χ0n) is 9.20. The fourth-order valence-electron chi connectivity index (χ4n) is 2.57. The van der Waals surface area contributed by atoms with Crippen LogP contribution in [0.25, 0.3) is 0 Å². The average Bonchev–Trinajstić information content (AvgIpc) is 2.72. The first-order valence-corrected chi connectivity index (χ1v) is 5.93. The SMILES string of the molecule is O=C(N[C@H]1CCNC1)C1Cc2ccccc21. The lowest BCUT2D eigenvalue weighted by Gasteiger charge is -2.29. The van der Waals surface area contributed by atoms with Gasteiger partial charge in [0, 0.05) is 12.6 Å². The topological polar surface area (TPSA) is 41.1 Å². The lowest BCUT2D eigenvalue weighted by molar-refractivity contribution is -0.123. The maximum atomic E-state index is 12.0. The zero-order valence-corrected chi connectivity index (χ0v) is 9.20. The number of amides is 1. The molecule has 2 atom stereocenters. The number of hydrogen-bond acceptors (Lipinski definition) is 2. The van der Waals surface area contributed by atoms with E-state index in [2.05, 4.69) is 22.8 Å². The van der Waals surface area contributed by atoms with Crippen LogP contribution in [-0.4, -0.2) is 25.0 Å². The van der Waals surface area contributed by atoms with Crippen molar-refractivity contribution in [2.75, 3.05) is 13.1 Å². The Bertz CT molecular complexity index is 410. The number of benzene rings is 1. The average molecular weight is 216 g/mol. The number of rotatable bonds is 2. The van der Waals surface area contributed by atoms with Crippen molar-refractivity contribution in [1.29, 1.82) is 0 Å². The van der Waals surface area contributed by atoms with E-state index in [9.17, 15) is 4.79 Å². The van der Waals surface area contributed by atoms with E-state index in [-0.39, 0.29) is 11.8 Å². The third kappa shape index (κ3) is 1.61. The first-order chi connectivity index (χ1) is 7.84. The van der Waals surface area contributed by atoms with Crippen molar-refractivity contribution in [3.8, 4) is 0 Å². The molecule has 0 radical (unpaired) electrons. The fraction of sp³-hybridized carbons (Fsp3) is 0.462. The minimum Gasteiger partial charge on any atom is -0.352 e. The van der Waals surface area contributed by atoms with Gasteiger partial charge in [0.1, 0.15) is 0 Å². The minimum absolute atomic E-state index is 0.0943. The summed E-state index contributed by atoms with van der Waals surface area (Å²) in [6.45, 7) is 1.94. The highest BCUT2D eigenvalue weighted by atomic mass is 16.2. The van der Waals surface area contributed by atoms with Crippen molar-refractivity contribution < 1.29 is 4.79 Å². The summed E-state index contributed by atoms with van der Waals surface area (Å²) in [6.07, 6.45) is 1.96. The maximum absolute atomic E-state index is 12.0. The van der Waals surface area contributed by atoms with Gasteiger partial charge in [-0.05, 0) is 30.5 Å². The Balaban J connectivity index is 1.65. The number of fused-ring (bicyclic) bond motifs is 1. The Labute approximate surface area is 95.2 Å². The first kappa shape index (κ1) is 9.85. The van der Waals surface area contributed by atoms with Crippen molar-refractivity contribution in [3.63, 3.8) is 0 Å². The Morgan fingerprint density at radius 1 is 1.38 bits per heavy atom. The van der Waals surface area contributed by atoms with Gasteiger partial charge in [-0.2, -0.15) is 0 Å². The van der Waals surface area contributed by atoms with Crippen LogP contribution in [0.15, 0.2) is 24.3 Å². The van der Waals surface area contributed by atoms with Gasteiger partial charge in [0.05, 0.1) is 5.92 Å². The lowest BCUT2D eigenvalue weighted by atomic mass is 9.77. The molecule has 0 aromatic heterocycles. The van der Waals surface area contributed by atoms with Gasteiger partial charge in [0.15, 0.2) is 0 Å². The normalized spacial score (nSPS) is 27.0. The van der Waals surface area contributed by atoms with Crippen molar-refractivity contribution >= 4 is 5.91 Å². The van der Waals surface area contributed by atoms with E-state index < -0.39 is 0 Å². The van der Waals surface area contributed by atoms with Crippen LogP contribution in [0.5, 0.6) is 0 Å². The van der Waals surface area contributed by atoms with E-state index in [0.717, 1.165) is 25.9 Å². The third-order valence-electron chi connectivity index (χ3n) is 3.58. The summed E-state index contributed by atoms with van der Waals surface area (Å²) in [6, 6.07) is 8.55. The standard InChI is InChI=1S/C13H16N2O/c16-13(15-10-5-6-14-8-10)12-7-9-3-1-2-4-11(9)12/h1-4,10,12,14H,5-8H2,(H,15,16)/t10-,12?/m0/s1. The van der Waals surface area contributed by atoms with Gasteiger partial charge in [-0.3, -0.25) is 4.79 Å². The molecule has 1 heterocycles. The molecule has 1 aliphatic heterocycles. The van der Waals surface area contributed by atoms with Crippen molar-refractivity contribution in [2.24, 2.45) is 0 Å². The first-order valence-electron chi connectivity index (χ1n) is 5.93. The number of carbonyl (C=O) groups excluding carboxylic acids is 1. The van der Waals surface area contributed by atoms with E-state index in [1.807, 2.05) is 12.1 Å². The summed E-state index contributed by atoms with van der Waals surface area (Å²) in [5, 5.41) is 6.38. The quantitative estimate of drug-likeness (QED) is 0.768. The van der Waals surface area contributed by atoms with Crippen LogP contribution in [-0.2, 0) is 11.2 Å². The summed E-state index contributed by atoms with van der Waals surface area (Å²) in [5.74, 6) is 0.296. The third-order valence-corrected chi connectivity index (χ3v) is 3.58. The molecule has 1 saturated heterocycles. The predicted molar refractivity (Wildman–Crippen MR) is 62.3 cm³/mol. The Morgan fingerprint density at radius 2 is 2.25 bits per heavy atom. The van der Waals surface area contributed by atoms with Crippen LogP contribution in [0.2, 0.25) is 0 Å². The van der Waals surface area contributed by atoms with Crippen LogP contribution in [0.1, 0.15) is 23.5 Å². The van der Waals surface area contributed by atoms with Crippen molar-refractivity contribution in [1.82, 2.24) is 10.6 Å². The minimum atomic E-state index is 0.0943. The van der Waals surface area contributed by atoms with Gasteiger partial charge < -0.3 is 10.6 Å². The van der Waals surface area contributed by atoms with Gasteiger partial charge in [0.2, 0.25) is 5.91 Å². The Morgan fingerprint density at radius 3 is 3.00 bits per heavy atom. The summed E-state index contributed by atoms with van der Waals surface area (Å²) in [4.78, 5) is 12.0. The van der Waals surface area contributed by atoms with E-state index in [1.54, 1.807) is 0 Å². The highest BCUT2D eigenvalue weighted by Crippen LogP contribution is 2.34. The predicted octanol–water partition coefficient (Wildman–Crippen LogP) is 0.804. The molecule has 1 amide bonds. The summed E-state index contributed by atoms with van der Waals surface area (Å²) in [5.41, 5.74) is 2.54. The Kier molecular flexibility index (Phi) is 2.40. The fourth-order valence-corrected chi connectivity index (χ4v) is 2.57. The monoisotopic (exact) mass is 216 g/mol. The second-order valence-electron chi connectivity index (χ2n) is 4.65. The van der Waals surface area contributed by atoms with Crippen molar-refractivity contribution in [3.05, 3.63) is 35.4 Å². The Hall–Kier alpha value is -1.35. The second-order valence-corrected chi connectivity index (χ2v) is 4.65. The number of hydrogen-bond donors (Lipinski definition) is 2. The van der Waals surface area contributed by atoms with E-state index >= 15 is 0 Å². The molecule has 0 spiro atoms. The van der Waals surface area contributed by atoms with Crippen LogP contribution in [0.3, 0.4) is 0 Å². The molecule has 3 heteroatoms. The summed E-state index contributed by atoms with van der Waals surface area (Å²) in [7, 11) is 0. The molecule has 2 aliphatic rings. The molecular formula is C13H16N2O. The molecule has 2 N–H and O–H groups in total.